The van der Waals surface area contributed by atoms with Gasteiger partial charge in [-0.2, -0.15) is 0 Å². The molecule has 0 fully saturated rings. The molecule has 82 valence electrons. The molecule has 0 aliphatic carbocycles. The summed E-state index contributed by atoms with van der Waals surface area (Å²) in [4.78, 5) is 20.0. The average Bonchev–Trinajstić information content (AvgIpc) is 1.79. The Kier molecular flexibility index (Phi) is 14.7. The van der Waals surface area contributed by atoms with Gasteiger partial charge >= 0.3 is 21.7 Å². The van der Waals surface area contributed by atoms with Gasteiger partial charge in [-0.05, 0) is 26.0 Å². The predicted octanol–water partition coefficient (Wildman–Crippen LogP) is -0.324. The van der Waals surface area contributed by atoms with Crippen molar-refractivity contribution >= 4 is 11.6 Å². The summed E-state index contributed by atoms with van der Waals surface area (Å²) in [7, 11) is 0. The van der Waals surface area contributed by atoms with Gasteiger partial charge < -0.3 is 10.2 Å². The van der Waals surface area contributed by atoms with Crippen LogP contribution in [0.1, 0.15) is 27.7 Å². The first-order valence-electron chi connectivity index (χ1n) is 3.97. The largest absolute Gasteiger partial charge is 2.00 e. The molecule has 0 unspecified atom stereocenters. The van der Waals surface area contributed by atoms with Crippen LogP contribution in [0.2, 0.25) is 0 Å². The van der Waals surface area contributed by atoms with Crippen LogP contribution in [-0.2, 0) is 31.3 Å². The maximum atomic E-state index is 9.98. The minimum absolute atomic E-state index is 0. The van der Waals surface area contributed by atoms with Crippen LogP contribution in [-0.4, -0.2) is 11.6 Å². The second-order valence-electron chi connectivity index (χ2n) is 2.73. The quantitative estimate of drug-likeness (QED) is 0.380. The SMILES string of the molecule is CC(=O)/C=C(/C)[O-].CC(=O)/C=C(/C)[O-].[Ti+2]. The summed E-state index contributed by atoms with van der Waals surface area (Å²) in [5, 5.41) is 20.0. The van der Waals surface area contributed by atoms with Gasteiger partial charge in [0.1, 0.15) is 0 Å². The van der Waals surface area contributed by atoms with E-state index >= 15 is 0 Å². The molecular formula is C10H14O4Ti. The van der Waals surface area contributed by atoms with Gasteiger partial charge in [0, 0.05) is 0 Å². The Hall–Kier alpha value is -0.866. The molecule has 0 bridgehead atoms. The third kappa shape index (κ3) is 32.0. The molecule has 0 aromatic rings. The average molecular weight is 246 g/mol. The predicted molar refractivity (Wildman–Crippen MR) is 48.9 cm³/mol. The van der Waals surface area contributed by atoms with Crippen molar-refractivity contribution in [2.75, 3.05) is 0 Å². The van der Waals surface area contributed by atoms with E-state index in [1.54, 1.807) is 0 Å². The normalized spacial score (nSPS) is 10.7. The van der Waals surface area contributed by atoms with Crippen molar-refractivity contribution in [3.63, 3.8) is 0 Å². The molecule has 0 saturated carbocycles. The Morgan fingerprint density at radius 3 is 1.00 bits per heavy atom. The summed E-state index contributed by atoms with van der Waals surface area (Å²) < 4.78 is 0. The summed E-state index contributed by atoms with van der Waals surface area (Å²) in [6.07, 6.45) is 2.11. The van der Waals surface area contributed by atoms with Crippen LogP contribution >= 0.6 is 0 Å². The third-order valence-electron chi connectivity index (χ3n) is 0.813. The molecule has 0 radical (unpaired) electrons. The van der Waals surface area contributed by atoms with E-state index in [0.717, 1.165) is 12.2 Å². The maximum absolute atomic E-state index is 9.98. The van der Waals surface area contributed by atoms with Gasteiger partial charge in [0.15, 0.2) is 11.6 Å². The van der Waals surface area contributed by atoms with E-state index in [4.69, 9.17) is 0 Å². The van der Waals surface area contributed by atoms with Crippen molar-refractivity contribution in [1.82, 2.24) is 0 Å². The molecule has 4 nitrogen and oxygen atoms in total. The fraction of sp³-hybridized carbons (Fsp3) is 0.400. The molecule has 0 N–H and O–H groups in total. The number of carbonyl (C=O) groups excluding carboxylic acids is 2. The molecule has 0 spiro atoms. The van der Waals surface area contributed by atoms with E-state index in [2.05, 4.69) is 0 Å². The topological polar surface area (TPSA) is 80.3 Å². The van der Waals surface area contributed by atoms with Gasteiger partial charge in [-0.3, -0.25) is 9.59 Å². The van der Waals surface area contributed by atoms with Crippen molar-refractivity contribution in [2.24, 2.45) is 0 Å². The minimum Gasteiger partial charge on any atom is -0.876 e. The van der Waals surface area contributed by atoms with Gasteiger partial charge in [0.2, 0.25) is 0 Å². The van der Waals surface area contributed by atoms with Crippen LogP contribution in [0, 0.1) is 0 Å². The van der Waals surface area contributed by atoms with Crippen molar-refractivity contribution in [3.8, 4) is 0 Å². The molecule has 0 aromatic heterocycles. The molecule has 0 aliphatic rings. The van der Waals surface area contributed by atoms with Gasteiger partial charge in [0.25, 0.3) is 0 Å². The minimum atomic E-state index is -0.187. The van der Waals surface area contributed by atoms with E-state index in [1.165, 1.54) is 27.7 Å². The van der Waals surface area contributed by atoms with E-state index in [9.17, 15) is 19.8 Å². The second-order valence-corrected chi connectivity index (χ2v) is 2.73. The molecule has 0 heterocycles. The first-order chi connectivity index (χ1) is 6.25. The zero-order valence-electron chi connectivity index (χ0n) is 9.29. The van der Waals surface area contributed by atoms with Crippen molar-refractivity contribution < 1.29 is 41.5 Å². The van der Waals surface area contributed by atoms with E-state index < -0.39 is 0 Å². The van der Waals surface area contributed by atoms with Crippen LogP contribution < -0.4 is 10.2 Å². The Morgan fingerprint density at radius 1 is 0.800 bits per heavy atom. The molecule has 15 heavy (non-hydrogen) atoms. The molecule has 0 aliphatic heterocycles. The van der Waals surface area contributed by atoms with Crippen LogP contribution in [0.5, 0.6) is 0 Å². The Bertz CT molecular complexity index is 231. The zero-order valence-corrected chi connectivity index (χ0v) is 10.8. The van der Waals surface area contributed by atoms with Gasteiger partial charge in [-0.1, -0.05) is 13.8 Å². The molecule has 0 rings (SSSR count). The molecule has 5 heteroatoms. The molecule has 0 amide bonds. The number of ketones is 2. The summed E-state index contributed by atoms with van der Waals surface area (Å²) >= 11 is 0. The first kappa shape index (κ1) is 19.7. The van der Waals surface area contributed by atoms with Crippen LogP contribution in [0.4, 0.5) is 0 Å². The third-order valence-corrected chi connectivity index (χ3v) is 0.813. The smallest absolute Gasteiger partial charge is 0.876 e. The summed E-state index contributed by atoms with van der Waals surface area (Å²) in [5.41, 5.74) is 0. The van der Waals surface area contributed by atoms with E-state index in [1.807, 2.05) is 0 Å². The fourth-order valence-electron chi connectivity index (χ4n) is 0.572. The second kappa shape index (κ2) is 11.2. The van der Waals surface area contributed by atoms with Crippen molar-refractivity contribution in [1.29, 1.82) is 0 Å². The zero-order chi connectivity index (χ0) is 11.7. The summed E-state index contributed by atoms with van der Waals surface area (Å²) in [6, 6.07) is 0. The Balaban J connectivity index is -0.000000180. The number of hydrogen-bond donors (Lipinski definition) is 0. The van der Waals surface area contributed by atoms with Crippen molar-refractivity contribution in [3.05, 3.63) is 23.7 Å². The first-order valence-corrected chi connectivity index (χ1v) is 3.97. The van der Waals surface area contributed by atoms with E-state index in [-0.39, 0.29) is 44.8 Å². The molecule has 0 aromatic carbocycles. The van der Waals surface area contributed by atoms with Gasteiger partial charge in [-0.15, -0.1) is 11.5 Å². The van der Waals surface area contributed by atoms with Crippen LogP contribution in [0.15, 0.2) is 23.7 Å². The molecule has 0 saturated heterocycles. The summed E-state index contributed by atoms with van der Waals surface area (Å²) in [5.74, 6) is -0.750. The number of carbonyl (C=O) groups is 2. The molecule has 0 atom stereocenters. The molecular weight excluding hydrogens is 232 g/mol. The number of allylic oxidation sites excluding steroid dienone is 4. The summed E-state index contributed by atoms with van der Waals surface area (Å²) in [6.45, 7) is 5.39. The Labute approximate surface area is 105 Å². The monoisotopic (exact) mass is 246 g/mol. The standard InChI is InChI=1S/2C5H8O2.Ti/c2*1-4(6)3-5(2)7;/h2*3,6H,1-2H3;/q;;+2/p-2/b2*4-3-;. The number of hydrogen-bond acceptors (Lipinski definition) is 4. The number of rotatable bonds is 2. The van der Waals surface area contributed by atoms with Gasteiger partial charge in [0.05, 0.1) is 0 Å². The van der Waals surface area contributed by atoms with Gasteiger partial charge in [-0.25, -0.2) is 0 Å². The fourth-order valence-corrected chi connectivity index (χ4v) is 0.572. The Morgan fingerprint density at radius 2 is 1.00 bits per heavy atom. The van der Waals surface area contributed by atoms with E-state index in [0.29, 0.717) is 0 Å². The van der Waals surface area contributed by atoms with Crippen LogP contribution in [0.25, 0.3) is 0 Å². The van der Waals surface area contributed by atoms with Crippen molar-refractivity contribution in [2.45, 2.75) is 27.7 Å². The van der Waals surface area contributed by atoms with Crippen LogP contribution in [0.3, 0.4) is 0 Å². The maximum Gasteiger partial charge on any atom is 2.00 e.